The summed E-state index contributed by atoms with van der Waals surface area (Å²) in [5, 5.41) is 3.32. The van der Waals surface area contributed by atoms with E-state index in [2.05, 4.69) is 19.2 Å². The van der Waals surface area contributed by atoms with Crippen LogP contribution >= 0.6 is 7.60 Å². The normalized spacial score (nSPS) is 12.2. The number of methoxy groups -OCH3 is 1. The van der Waals surface area contributed by atoms with Gasteiger partial charge in [0.15, 0.2) is 5.78 Å². The van der Waals surface area contributed by atoms with Gasteiger partial charge >= 0.3 is 13.6 Å². The highest BCUT2D eigenvalue weighted by Crippen LogP contribution is 2.61. The van der Waals surface area contributed by atoms with Crippen molar-refractivity contribution in [3.05, 3.63) is 59.7 Å². The molecule has 0 aliphatic rings. The molecule has 1 atom stereocenters. The molecule has 0 fully saturated rings. The second-order valence-electron chi connectivity index (χ2n) is 7.53. The van der Waals surface area contributed by atoms with E-state index >= 15 is 0 Å². The molecule has 2 aromatic rings. The Hall–Kier alpha value is -2.34. The first kappa shape index (κ1) is 26.9. The minimum atomic E-state index is -3.58. The number of rotatable bonds is 15. The SMILES string of the molecule is CCCCOP(=O)(OCCCC)C(Nc1ccc(C(=O)OCC)cc1)c1ccc(OC)cc1. The fourth-order valence-corrected chi connectivity index (χ4v) is 5.05. The van der Waals surface area contributed by atoms with Crippen LogP contribution < -0.4 is 10.1 Å². The van der Waals surface area contributed by atoms with Crippen LogP contribution in [0.15, 0.2) is 48.5 Å². The van der Waals surface area contributed by atoms with Crippen molar-refractivity contribution in [1.29, 1.82) is 0 Å². The molecule has 0 bridgehead atoms. The van der Waals surface area contributed by atoms with E-state index in [1.165, 1.54) is 0 Å². The van der Waals surface area contributed by atoms with E-state index in [0.29, 0.717) is 36.8 Å². The van der Waals surface area contributed by atoms with Crippen LogP contribution in [0.25, 0.3) is 0 Å². The van der Waals surface area contributed by atoms with Crippen LogP contribution in [-0.2, 0) is 18.3 Å². The maximum atomic E-state index is 14.1. The van der Waals surface area contributed by atoms with E-state index in [1.807, 2.05) is 24.3 Å². The van der Waals surface area contributed by atoms with Gasteiger partial charge in [-0.05, 0) is 61.7 Å². The van der Waals surface area contributed by atoms with Crippen LogP contribution in [0.1, 0.15) is 68.2 Å². The number of hydrogen-bond acceptors (Lipinski definition) is 7. The van der Waals surface area contributed by atoms with Gasteiger partial charge in [0.25, 0.3) is 0 Å². The summed E-state index contributed by atoms with van der Waals surface area (Å²) in [5.74, 6) is -0.414. The summed E-state index contributed by atoms with van der Waals surface area (Å²) < 4.78 is 36.2. The van der Waals surface area contributed by atoms with Gasteiger partial charge < -0.3 is 23.8 Å². The highest BCUT2D eigenvalue weighted by atomic mass is 31.2. The molecule has 1 unspecified atom stereocenters. The smallest absolute Gasteiger partial charge is 0.357 e. The molecule has 1 N–H and O–H groups in total. The number of nitrogens with one attached hydrogen (secondary N) is 1. The molecule has 0 aliphatic heterocycles. The van der Waals surface area contributed by atoms with Crippen molar-refractivity contribution in [2.24, 2.45) is 0 Å². The van der Waals surface area contributed by atoms with Gasteiger partial charge in [-0.15, -0.1) is 0 Å². The number of carbonyl (C=O) groups excluding carboxylic acids is 1. The zero-order valence-electron chi connectivity index (χ0n) is 20.0. The van der Waals surface area contributed by atoms with Gasteiger partial charge in [0.1, 0.15) is 5.75 Å². The fraction of sp³-hybridized carbons (Fsp3) is 0.480. The maximum absolute atomic E-state index is 14.1. The monoisotopic (exact) mass is 477 g/mol. The average Bonchev–Trinajstić information content (AvgIpc) is 2.83. The largest absolute Gasteiger partial charge is 0.497 e. The van der Waals surface area contributed by atoms with Gasteiger partial charge in [0.05, 0.1) is 32.5 Å². The average molecular weight is 478 g/mol. The molecule has 0 aliphatic carbocycles. The quantitative estimate of drug-likeness (QED) is 0.171. The van der Waals surface area contributed by atoms with Gasteiger partial charge in [-0.1, -0.05) is 38.8 Å². The number of hydrogen-bond donors (Lipinski definition) is 1. The lowest BCUT2D eigenvalue weighted by Crippen LogP contribution is -2.16. The molecule has 33 heavy (non-hydrogen) atoms. The van der Waals surface area contributed by atoms with E-state index in [-0.39, 0.29) is 5.97 Å². The molecule has 0 radical (unpaired) electrons. The Morgan fingerprint density at radius 3 is 1.97 bits per heavy atom. The second kappa shape index (κ2) is 14.0. The third kappa shape index (κ3) is 8.18. The minimum Gasteiger partial charge on any atom is -0.497 e. The van der Waals surface area contributed by atoms with Crippen LogP contribution in [0.3, 0.4) is 0 Å². The van der Waals surface area contributed by atoms with Gasteiger partial charge in [0, 0.05) is 5.69 Å². The molecule has 0 amide bonds. The first-order valence-corrected chi connectivity index (χ1v) is 13.1. The predicted octanol–water partition coefficient (Wildman–Crippen LogP) is 6.81. The molecule has 2 aromatic carbocycles. The first-order valence-electron chi connectivity index (χ1n) is 11.5. The lowest BCUT2D eigenvalue weighted by molar-refractivity contribution is 0.0526. The zero-order valence-corrected chi connectivity index (χ0v) is 20.9. The first-order chi connectivity index (χ1) is 16.0. The van der Waals surface area contributed by atoms with Crippen molar-refractivity contribution in [1.82, 2.24) is 0 Å². The van der Waals surface area contributed by atoms with E-state index < -0.39 is 13.4 Å². The second-order valence-corrected chi connectivity index (χ2v) is 9.64. The number of ether oxygens (including phenoxy) is 2. The summed E-state index contributed by atoms with van der Waals surface area (Å²) in [6.45, 7) is 6.87. The summed E-state index contributed by atoms with van der Waals surface area (Å²) in [7, 11) is -1.99. The summed E-state index contributed by atoms with van der Waals surface area (Å²) in [6, 6.07) is 14.2. The number of esters is 1. The molecule has 0 heterocycles. The van der Waals surface area contributed by atoms with Crippen LogP contribution in [0.5, 0.6) is 5.75 Å². The van der Waals surface area contributed by atoms with Gasteiger partial charge in [0.2, 0.25) is 0 Å². The molecule has 7 nitrogen and oxygen atoms in total. The van der Waals surface area contributed by atoms with E-state index in [4.69, 9.17) is 18.5 Å². The van der Waals surface area contributed by atoms with Crippen molar-refractivity contribution in [2.45, 2.75) is 52.2 Å². The Bertz CT molecular complexity index is 871. The van der Waals surface area contributed by atoms with Crippen molar-refractivity contribution in [3.63, 3.8) is 0 Å². The molecule has 0 saturated carbocycles. The molecule has 8 heteroatoms. The van der Waals surface area contributed by atoms with Crippen molar-refractivity contribution in [2.75, 3.05) is 32.2 Å². The highest BCUT2D eigenvalue weighted by Gasteiger charge is 2.37. The van der Waals surface area contributed by atoms with E-state index in [0.717, 1.165) is 31.2 Å². The summed E-state index contributed by atoms with van der Waals surface area (Å²) >= 11 is 0. The van der Waals surface area contributed by atoms with Crippen LogP contribution in [0.4, 0.5) is 5.69 Å². The van der Waals surface area contributed by atoms with Gasteiger partial charge in [-0.25, -0.2) is 4.79 Å². The maximum Gasteiger partial charge on any atom is 0.357 e. The molecular formula is C25H36NO6P. The lowest BCUT2D eigenvalue weighted by atomic mass is 10.2. The topological polar surface area (TPSA) is 83.1 Å². The molecular weight excluding hydrogens is 441 g/mol. The fourth-order valence-electron chi connectivity index (χ4n) is 3.06. The molecule has 0 aromatic heterocycles. The molecule has 2 rings (SSSR count). The lowest BCUT2D eigenvalue weighted by Gasteiger charge is -2.29. The summed E-state index contributed by atoms with van der Waals surface area (Å²) in [5.41, 5.74) is 1.88. The predicted molar refractivity (Wildman–Crippen MR) is 131 cm³/mol. The Morgan fingerprint density at radius 1 is 0.909 bits per heavy atom. The number of unbranched alkanes of at least 4 members (excludes halogenated alkanes) is 2. The van der Waals surface area contributed by atoms with Crippen LogP contribution in [0, 0.1) is 0 Å². The summed E-state index contributed by atoms with van der Waals surface area (Å²) in [6.07, 6.45) is 3.41. The Morgan fingerprint density at radius 2 is 1.48 bits per heavy atom. The van der Waals surface area contributed by atoms with Crippen LogP contribution in [-0.4, -0.2) is 32.9 Å². The van der Waals surface area contributed by atoms with Crippen molar-refractivity contribution >= 4 is 19.3 Å². The molecule has 0 spiro atoms. The number of benzene rings is 2. The standard InChI is InChI=1S/C25H36NO6P/c1-5-8-18-31-33(28,32-19-9-6-2)24(20-12-16-23(29-4)17-13-20)26-22-14-10-21(11-15-22)25(27)30-7-3/h10-17,24,26H,5-9,18-19H2,1-4H3. The summed E-state index contributed by atoms with van der Waals surface area (Å²) in [4.78, 5) is 12.0. The Balaban J connectivity index is 2.37. The number of carbonyl (C=O) groups is 1. The highest BCUT2D eigenvalue weighted by molar-refractivity contribution is 7.54. The Kier molecular flexibility index (Phi) is 11.4. The zero-order chi connectivity index (χ0) is 24.1. The van der Waals surface area contributed by atoms with E-state index in [1.54, 1.807) is 38.3 Å². The van der Waals surface area contributed by atoms with Gasteiger partial charge in [-0.2, -0.15) is 0 Å². The third-order valence-corrected chi connectivity index (χ3v) is 7.13. The van der Waals surface area contributed by atoms with Crippen LogP contribution in [0.2, 0.25) is 0 Å². The number of anilines is 1. The molecule has 0 saturated heterocycles. The minimum absolute atomic E-state index is 0.311. The van der Waals surface area contributed by atoms with E-state index in [9.17, 15) is 9.36 Å². The Labute approximate surface area is 197 Å². The van der Waals surface area contributed by atoms with Crippen molar-refractivity contribution in [3.8, 4) is 5.75 Å². The molecule has 182 valence electrons. The third-order valence-electron chi connectivity index (χ3n) is 4.99. The van der Waals surface area contributed by atoms with Gasteiger partial charge in [-0.3, -0.25) is 4.57 Å². The van der Waals surface area contributed by atoms with Crippen molar-refractivity contribution < 1.29 is 27.9 Å².